The van der Waals surface area contributed by atoms with Crippen molar-refractivity contribution >= 4 is 0 Å². The summed E-state index contributed by atoms with van der Waals surface area (Å²) in [6.07, 6.45) is -0.249. The molecule has 1 aromatic carbocycles. The molecule has 0 amide bonds. The second-order valence-electron chi connectivity index (χ2n) is 2.77. The van der Waals surface area contributed by atoms with Gasteiger partial charge in [0.05, 0.1) is 0 Å². The summed E-state index contributed by atoms with van der Waals surface area (Å²) in [5.41, 5.74) is 5.28. The fourth-order valence-corrected chi connectivity index (χ4v) is 0.877. The van der Waals surface area contributed by atoms with Crippen molar-refractivity contribution in [3.63, 3.8) is 0 Å². The van der Waals surface area contributed by atoms with Crippen molar-refractivity contribution in [3.05, 3.63) is 29.8 Å². The highest BCUT2D eigenvalue weighted by molar-refractivity contribution is 5.23. The van der Waals surface area contributed by atoms with E-state index in [1.165, 1.54) is 0 Å². The average Bonchev–Trinajstić information content (AvgIpc) is 2.02. The molecule has 0 saturated carbocycles. The molecule has 0 bridgehead atoms. The van der Waals surface area contributed by atoms with E-state index in [1.54, 1.807) is 6.92 Å². The Balaban J connectivity index is 2.77. The van der Waals surface area contributed by atoms with E-state index in [0.717, 1.165) is 18.2 Å². The number of hydrogen-bond donors (Lipinski definition) is 1. The summed E-state index contributed by atoms with van der Waals surface area (Å²) in [6, 6.07) is 3.03. The topological polar surface area (TPSA) is 35.2 Å². The van der Waals surface area contributed by atoms with Crippen LogP contribution in [0.2, 0.25) is 0 Å². The molecule has 13 heavy (non-hydrogen) atoms. The van der Waals surface area contributed by atoms with E-state index in [1.807, 2.05) is 0 Å². The van der Waals surface area contributed by atoms with E-state index in [2.05, 4.69) is 0 Å². The SMILES string of the molecule is C[C@@H](CN)Oc1cc(F)cc(F)c1. The Morgan fingerprint density at radius 2 is 1.85 bits per heavy atom. The van der Waals surface area contributed by atoms with Gasteiger partial charge < -0.3 is 10.5 Å². The number of halogens is 2. The summed E-state index contributed by atoms with van der Waals surface area (Å²) in [6.45, 7) is 2.03. The molecule has 0 heterocycles. The van der Waals surface area contributed by atoms with Gasteiger partial charge in [-0.1, -0.05) is 0 Å². The van der Waals surface area contributed by atoms with E-state index in [-0.39, 0.29) is 11.9 Å². The first-order valence-corrected chi connectivity index (χ1v) is 3.94. The van der Waals surface area contributed by atoms with E-state index >= 15 is 0 Å². The van der Waals surface area contributed by atoms with E-state index in [0.29, 0.717) is 6.54 Å². The van der Waals surface area contributed by atoms with E-state index < -0.39 is 11.6 Å². The zero-order valence-corrected chi connectivity index (χ0v) is 7.26. The molecule has 0 aliphatic carbocycles. The number of ether oxygens (including phenoxy) is 1. The quantitative estimate of drug-likeness (QED) is 0.781. The highest BCUT2D eigenvalue weighted by atomic mass is 19.1. The van der Waals surface area contributed by atoms with Gasteiger partial charge in [0.1, 0.15) is 23.5 Å². The summed E-state index contributed by atoms with van der Waals surface area (Å²) in [4.78, 5) is 0. The Kier molecular flexibility index (Phi) is 3.19. The molecule has 2 nitrogen and oxygen atoms in total. The van der Waals surface area contributed by atoms with Crippen molar-refractivity contribution in [2.45, 2.75) is 13.0 Å². The maximum absolute atomic E-state index is 12.6. The van der Waals surface area contributed by atoms with Crippen LogP contribution >= 0.6 is 0 Å². The van der Waals surface area contributed by atoms with E-state index in [9.17, 15) is 8.78 Å². The molecule has 1 aromatic rings. The molecular formula is C9H11F2NO. The summed E-state index contributed by atoms with van der Waals surface area (Å²) in [5, 5.41) is 0. The first kappa shape index (κ1) is 9.92. The van der Waals surface area contributed by atoms with Gasteiger partial charge in [-0.25, -0.2) is 8.78 Å². The predicted molar refractivity (Wildman–Crippen MR) is 45.5 cm³/mol. The van der Waals surface area contributed by atoms with Gasteiger partial charge in [-0.3, -0.25) is 0 Å². The highest BCUT2D eigenvalue weighted by Gasteiger charge is 2.04. The Morgan fingerprint density at radius 1 is 1.31 bits per heavy atom. The van der Waals surface area contributed by atoms with Gasteiger partial charge >= 0.3 is 0 Å². The zero-order valence-electron chi connectivity index (χ0n) is 7.26. The van der Waals surface area contributed by atoms with Crippen LogP contribution in [0.5, 0.6) is 5.75 Å². The molecule has 1 atom stereocenters. The van der Waals surface area contributed by atoms with Crippen molar-refractivity contribution < 1.29 is 13.5 Å². The maximum Gasteiger partial charge on any atom is 0.129 e. The van der Waals surface area contributed by atoms with Gasteiger partial charge in [0.25, 0.3) is 0 Å². The van der Waals surface area contributed by atoms with Crippen molar-refractivity contribution in [2.24, 2.45) is 5.73 Å². The van der Waals surface area contributed by atoms with Gasteiger partial charge in [0.2, 0.25) is 0 Å². The molecule has 0 unspecified atom stereocenters. The first-order valence-electron chi connectivity index (χ1n) is 3.94. The predicted octanol–water partition coefficient (Wildman–Crippen LogP) is 1.69. The minimum Gasteiger partial charge on any atom is -0.489 e. The lowest BCUT2D eigenvalue weighted by Gasteiger charge is -2.12. The normalized spacial score (nSPS) is 12.6. The van der Waals surface area contributed by atoms with Gasteiger partial charge in [-0.2, -0.15) is 0 Å². The monoisotopic (exact) mass is 187 g/mol. The molecule has 0 aromatic heterocycles. The van der Waals surface area contributed by atoms with Crippen LogP contribution in [-0.4, -0.2) is 12.6 Å². The second-order valence-corrected chi connectivity index (χ2v) is 2.77. The van der Waals surface area contributed by atoms with Crippen LogP contribution in [-0.2, 0) is 0 Å². The summed E-state index contributed by atoms with van der Waals surface area (Å²) < 4.78 is 30.4. The second kappa shape index (κ2) is 4.18. The molecule has 4 heteroatoms. The van der Waals surface area contributed by atoms with Gasteiger partial charge in [0.15, 0.2) is 0 Å². The third kappa shape index (κ3) is 2.99. The molecule has 72 valence electrons. The van der Waals surface area contributed by atoms with Gasteiger partial charge in [-0.15, -0.1) is 0 Å². The molecule has 0 radical (unpaired) electrons. The van der Waals surface area contributed by atoms with Gasteiger partial charge in [0, 0.05) is 24.7 Å². The highest BCUT2D eigenvalue weighted by Crippen LogP contribution is 2.16. The largest absolute Gasteiger partial charge is 0.489 e. The van der Waals surface area contributed by atoms with Crippen LogP contribution in [0, 0.1) is 11.6 Å². The number of rotatable bonds is 3. The number of benzene rings is 1. The Bertz CT molecular complexity index is 271. The van der Waals surface area contributed by atoms with Crippen LogP contribution in [0.25, 0.3) is 0 Å². The van der Waals surface area contributed by atoms with Crippen LogP contribution in [0.4, 0.5) is 8.78 Å². The van der Waals surface area contributed by atoms with Crippen molar-refractivity contribution in [1.29, 1.82) is 0 Å². The van der Waals surface area contributed by atoms with Crippen molar-refractivity contribution in [2.75, 3.05) is 6.54 Å². The third-order valence-corrected chi connectivity index (χ3v) is 1.51. The minimum atomic E-state index is -0.653. The lowest BCUT2D eigenvalue weighted by Crippen LogP contribution is -2.22. The molecular weight excluding hydrogens is 176 g/mol. The number of hydrogen-bond acceptors (Lipinski definition) is 2. The van der Waals surface area contributed by atoms with Crippen molar-refractivity contribution in [1.82, 2.24) is 0 Å². The fourth-order valence-electron chi connectivity index (χ4n) is 0.877. The van der Waals surface area contributed by atoms with Crippen molar-refractivity contribution in [3.8, 4) is 5.75 Å². The molecule has 2 N–H and O–H groups in total. The number of nitrogens with two attached hydrogens (primary N) is 1. The lowest BCUT2D eigenvalue weighted by atomic mass is 10.3. The summed E-state index contributed by atoms with van der Waals surface area (Å²) >= 11 is 0. The fraction of sp³-hybridized carbons (Fsp3) is 0.333. The zero-order chi connectivity index (χ0) is 9.84. The minimum absolute atomic E-state index is 0.162. The molecule has 0 spiro atoms. The standard InChI is InChI=1S/C9H11F2NO/c1-6(5-12)13-9-3-7(10)2-8(11)4-9/h2-4,6H,5,12H2,1H3/t6-/m0/s1. The third-order valence-electron chi connectivity index (χ3n) is 1.51. The average molecular weight is 187 g/mol. The first-order chi connectivity index (χ1) is 6.11. The molecule has 0 aliphatic rings. The smallest absolute Gasteiger partial charge is 0.129 e. The Hall–Kier alpha value is -1.16. The maximum atomic E-state index is 12.6. The van der Waals surface area contributed by atoms with Crippen LogP contribution < -0.4 is 10.5 Å². The molecule has 0 saturated heterocycles. The Morgan fingerprint density at radius 3 is 2.31 bits per heavy atom. The lowest BCUT2D eigenvalue weighted by molar-refractivity contribution is 0.228. The van der Waals surface area contributed by atoms with E-state index in [4.69, 9.17) is 10.5 Å². The summed E-state index contributed by atoms with van der Waals surface area (Å²) in [5.74, 6) is -1.14. The Labute approximate surface area is 75.3 Å². The van der Waals surface area contributed by atoms with Crippen LogP contribution in [0.1, 0.15) is 6.92 Å². The van der Waals surface area contributed by atoms with Gasteiger partial charge in [-0.05, 0) is 6.92 Å². The molecule has 0 fully saturated rings. The van der Waals surface area contributed by atoms with Crippen LogP contribution in [0.3, 0.4) is 0 Å². The molecule has 1 rings (SSSR count). The van der Waals surface area contributed by atoms with Crippen LogP contribution in [0.15, 0.2) is 18.2 Å². The molecule has 0 aliphatic heterocycles. The summed E-state index contributed by atoms with van der Waals surface area (Å²) in [7, 11) is 0.